The lowest BCUT2D eigenvalue weighted by Gasteiger charge is -2.21. The number of halogens is 3. The van der Waals surface area contributed by atoms with E-state index in [0.717, 1.165) is 18.2 Å². The normalized spacial score (nSPS) is 24.1. The maximum Gasteiger partial charge on any atom is 0.432 e. The number of carbonyl (C=O) groups excluding carboxylic acids is 1. The maximum absolute atomic E-state index is 12.6. The Hall–Kier alpha value is -1.76. The summed E-state index contributed by atoms with van der Waals surface area (Å²) in [7, 11) is 0. The summed E-state index contributed by atoms with van der Waals surface area (Å²) in [6.45, 7) is 0. The first kappa shape index (κ1) is 10.7. The summed E-state index contributed by atoms with van der Waals surface area (Å²) >= 11 is 0. The van der Waals surface area contributed by atoms with Gasteiger partial charge in [0.1, 0.15) is 0 Å². The van der Waals surface area contributed by atoms with E-state index in [0.29, 0.717) is 0 Å². The molecule has 0 fully saturated rings. The van der Waals surface area contributed by atoms with Gasteiger partial charge in [0.25, 0.3) is 5.60 Å². The number of aliphatic hydroxyl groups is 1. The lowest BCUT2D eigenvalue weighted by atomic mass is 9.94. The van der Waals surface area contributed by atoms with Crippen molar-refractivity contribution in [3.8, 4) is 11.5 Å². The minimum absolute atomic E-state index is 0.633. The molecule has 7 heteroatoms. The molecule has 0 unspecified atom stereocenters. The highest BCUT2D eigenvalue weighted by molar-refractivity contribution is 5.90. The number of phenolic OH excluding ortho intramolecular Hbond substituents is 1. The molecule has 1 atom stereocenters. The average Bonchev–Trinajstić information content (AvgIpc) is 2.43. The zero-order chi connectivity index (χ0) is 12.1. The molecule has 0 bridgehead atoms. The molecule has 1 aliphatic rings. The number of ether oxygens (including phenoxy) is 1. The van der Waals surface area contributed by atoms with Crippen LogP contribution in [0, 0.1) is 0 Å². The number of hydrogen-bond donors (Lipinski definition) is 2. The van der Waals surface area contributed by atoms with Crippen molar-refractivity contribution in [1.82, 2.24) is 0 Å². The van der Waals surface area contributed by atoms with Gasteiger partial charge in [0, 0.05) is 0 Å². The van der Waals surface area contributed by atoms with Crippen LogP contribution in [0.25, 0.3) is 0 Å². The second-order valence-electron chi connectivity index (χ2n) is 3.25. The molecule has 0 aromatic heterocycles. The highest BCUT2D eigenvalue weighted by Crippen LogP contribution is 2.50. The number of para-hydroxylation sites is 1. The van der Waals surface area contributed by atoms with Crippen LogP contribution in [-0.4, -0.2) is 22.4 Å². The largest absolute Gasteiger partial charge is 0.504 e. The van der Waals surface area contributed by atoms with Gasteiger partial charge in [-0.3, -0.25) is 0 Å². The van der Waals surface area contributed by atoms with Crippen LogP contribution >= 0.6 is 0 Å². The van der Waals surface area contributed by atoms with E-state index in [2.05, 4.69) is 4.74 Å². The van der Waals surface area contributed by atoms with Crippen LogP contribution in [0.4, 0.5) is 13.2 Å². The number of phenols is 1. The molecular formula is C9H5F3O4. The fraction of sp³-hybridized carbons (Fsp3) is 0.222. The molecule has 0 saturated carbocycles. The number of rotatable bonds is 0. The van der Waals surface area contributed by atoms with Crippen LogP contribution in [0.3, 0.4) is 0 Å². The number of benzene rings is 1. The van der Waals surface area contributed by atoms with E-state index in [4.69, 9.17) is 0 Å². The quantitative estimate of drug-likeness (QED) is 0.520. The first-order valence-corrected chi connectivity index (χ1v) is 4.12. The van der Waals surface area contributed by atoms with Gasteiger partial charge >= 0.3 is 12.1 Å². The Labute approximate surface area is 86.9 Å². The molecule has 1 aromatic carbocycles. The lowest BCUT2D eigenvalue weighted by Crippen LogP contribution is -2.47. The standard InChI is InChI=1S/C9H5F3O4/c10-9(11,12)8(15)4-2-1-3-5(13)6(4)16-7(8)14/h1-3,13,15H/t8-/m0/s1. The molecule has 16 heavy (non-hydrogen) atoms. The van der Waals surface area contributed by atoms with E-state index in [-0.39, 0.29) is 0 Å². The lowest BCUT2D eigenvalue weighted by molar-refractivity contribution is -0.258. The summed E-state index contributed by atoms with van der Waals surface area (Å²) in [6, 6.07) is 2.99. The Bertz CT molecular complexity index is 468. The molecule has 1 aromatic rings. The van der Waals surface area contributed by atoms with Crippen LogP contribution < -0.4 is 4.74 Å². The average molecular weight is 234 g/mol. The smallest absolute Gasteiger partial charge is 0.432 e. The van der Waals surface area contributed by atoms with Crippen LogP contribution in [0.15, 0.2) is 18.2 Å². The number of fused-ring (bicyclic) bond motifs is 1. The molecule has 2 rings (SSSR count). The zero-order valence-electron chi connectivity index (χ0n) is 7.58. The van der Waals surface area contributed by atoms with E-state index in [9.17, 15) is 28.2 Å². The van der Waals surface area contributed by atoms with Crippen LogP contribution in [0.5, 0.6) is 11.5 Å². The Kier molecular flexibility index (Phi) is 1.94. The molecule has 1 aliphatic heterocycles. The van der Waals surface area contributed by atoms with Gasteiger partial charge in [-0.25, -0.2) is 4.79 Å². The van der Waals surface area contributed by atoms with Crippen molar-refractivity contribution in [2.24, 2.45) is 0 Å². The Balaban J connectivity index is 2.70. The summed E-state index contributed by atoms with van der Waals surface area (Å²) in [5, 5.41) is 18.6. The number of carbonyl (C=O) groups is 1. The van der Waals surface area contributed by atoms with Gasteiger partial charge in [-0.1, -0.05) is 12.1 Å². The predicted molar refractivity (Wildman–Crippen MR) is 43.7 cm³/mol. The van der Waals surface area contributed by atoms with Gasteiger partial charge in [0.2, 0.25) is 0 Å². The predicted octanol–water partition coefficient (Wildman–Crippen LogP) is 1.06. The molecule has 0 amide bonds. The Morgan fingerprint density at radius 1 is 1.31 bits per heavy atom. The van der Waals surface area contributed by atoms with Crippen molar-refractivity contribution in [2.75, 3.05) is 0 Å². The highest BCUT2D eigenvalue weighted by atomic mass is 19.4. The van der Waals surface area contributed by atoms with Crippen molar-refractivity contribution >= 4 is 5.97 Å². The summed E-state index contributed by atoms with van der Waals surface area (Å²) in [5.74, 6) is -3.16. The molecule has 1 heterocycles. The third kappa shape index (κ3) is 1.12. The summed E-state index contributed by atoms with van der Waals surface area (Å²) in [4.78, 5) is 11.0. The third-order valence-electron chi connectivity index (χ3n) is 2.28. The summed E-state index contributed by atoms with van der Waals surface area (Å²) in [5.41, 5.74) is -4.51. The molecule has 0 saturated heterocycles. The van der Waals surface area contributed by atoms with Crippen molar-refractivity contribution in [3.05, 3.63) is 23.8 Å². The van der Waals surface area contributed by atoms with Gasteiger partial charge in [-0.05, 0) is 6.07 Å². The Morgan fingerprint density at radius 3 is 2.50 bits per heavy atom. The molecular weight excluding hydrogens is 229 g/mol. The molecule has 0 aliphatic carbocycles. The first-order chi connectivity index (χ1) is 7.28. The van der Waals surface area contributed by atoms with Crippen LogP contribution in [-0.2, 0) is 10.4 Å². The number of aromatic hydroxyl groups is 1. The summed E-state index contributed by atoms with van der Waals surface area (Å²) in [6.07, 6.45) is -5.21. The molecule has 0 radical (unpaired) electrons. The molecule has 86 valence electrons. The minimum atomic E-state index is -5.21. The van der Waals surface area contributed by atoms with Gasteiger partial charge < -0.3 is 14.9 Å². The Morgan fingerprint density at radius 2 is 1.94 bits per heavy atom. The second-order valence-corrected chi connectivity index (χ2v) is 3.25. The van der Waals surface area contributed by atoms with Crippen molar-refractivity contribution in [3.63, 3.8) is 0 Å². The first-order valence-electron chi connectivity index (χ1n) is 4.12. The van der Waals surface area contributed by atoms with E-state index in [1.807, 2.05) is 0 Å². The van der Waals surface area contributed by atoms with Crippen molar-refractivity contribution < 1.29 is 32.9 Å². The van der Waals surface area contributed by atoms with Gasteiger partial charge in [0.05, 0.1) is 5.56 Å². The fourth-order valence-electron chi connectivity index (χ4n) is 1.46. The van der Waals surface area contributed by atoms with Gasteiger partial charge in [-0.2, -0.15) is 13.2 Å². The van der Waals surface area contributed by atoms with Gasteiger partial charge in [0.15, 0.2) is 11.5 Å². The topological polar surface area (TPSA) is 66.8 Å². The van der Waals surface area contributed by atoms with Gasteiger partial charge in [-0.15, -0.1) is 0 Å². The van der Waals surface area contributed by atoms with E-state index in [1.54, 1.807) is 0 Å². The number of hydrogen-bond acceptors (Lipinski definition) is 4. The van der Waals surface area contributed by atoms with Crippen LogP contribution in [0.2, 0.25) is 0 Å². The molecule has 0 spiro atoms. The van der Waals surface area contributed by atoms with Crippen molar-refractivity contribution in [2.45, 2.75) is 11.8 Å². The maximum atomic E-state index is 12.6. The molecule has 2 N–H and O–H groups in total. The zero-order valence-corrected chi connectivity index (χ0v) is 7.58. The fourth-order valence-corrected chi connectivity index (χ4v) is 1.46. The van der Waals surface area contributed by atoms with E-state index >= 15 is 0 Å². The third-order valence-corrected chi connectivity index (χ3v) is 2.28. The molecule has 4 nitrogen and oxygen atoms in total. The van der Waals surface area contributed by atoms with Crippen molar-refractivity contribution in [1.29, 1.82) is 0 Å². The minimum Gasteiger partial charge on any atom is -0.504 e. The second kappa shape index (κ2) is 2.88. The SMILES string of the molecule is O=C1Oc2c(O)cccc2[C@@]1(O)C(F)(F)F. The van der Waals surface area contributed by atoms with Crippen LogP contribution in [0.1, 0.15) is 5.56 Å². The summed E-state index contributed by atoms with van der Waals surface area (Å²) < 4.78 is 41.9. The van der Waals surface area contributed by atoms with E-state index in [1.165, 1.54) is 0 Å². The van der Waals surface area contributed by atoms with E-state index < -0.39 is 34.8 Å². The highest BCUT2D eigenvalue weighted by Gasteiger charge is 2.66. The number of alkyl halides is 3. The monoisotopic (exact) mass is 234 g/mol. The number of esters is 1.